The highest BCUT2D eigenvalue weighted by Gasteiger charge is 2.35. The molecule has 2 aromatic rings. The highest BCUT2D eigenvalue weighted by molar-refractivity contribution is 7.91. The van der Waals surface area contributed by atoms with Crippen molar-refractivity contribution in [2.45, 2.75) is 39.9 Å². The molecule has 9 heteroatoms. The summed E-state index contributed by atoms with van der Waals surface area (Å²) < 4.78 is 26.1. The summed E-state index contributed by atoms with van der Waals surface area (Å²) in [6, 6.07) is 6.26. The standard InChI is InChI=1S/C17H24N4O2S3/c1-4-20(14-8-9-26(22,23)10-14)11-21-17(24)25-16(19-21)18-15-7-5-6-12(2)13(15)3/h5-7,14H,4,8-11H2,1-3H3,(H,18,19)/p+1/t14-/m1/s1. The summed E-state index contributed by atoms with van der Waals surface area (Å²) in [7, 11) is -2.88. The van der Waals surface area contributed by atoms with Crippen molar-refractivity contribution in [3.63, 3.8) is 0 Å². The average molecular weight is 414 g/mol. The Morgan fingerprint density at radius 2 is 2.19 bits per heavy atom. The van der Waals surface area contributed by atoms with Crippen LogP contribution in [0.4, 0.5) is 10.8 Å². The molecule has 0 spiro atoms. The maximum atomic E-state index is 11.8. The van der Waals surface area contributed by atoms with Gasteiger partial charge in [-0.15, -0.1) is 5.10 Å². The first-order valence-electron chi connectivity index (χ1n) is 8.75. The van der Waals surface area contributed by atoms with Crippen molar-refractivity contribution in [1.82, 2.24) is 9.78 Å². The fourth-order valence-electron chi connectivity index (χ4n) is 3.30. The zero-order valence-corrected chi connectivity index (χ0v) is 17.7. The zero-order valence-electron chi connectivity index (χ0n) is 15.3. The lowest BCUT2D eigenvalue weighted by atomic mass is 10.1. The van der Waals surface area contributed by atoms with Gasteiger partial charge in [0.25, 0.3) is 0 Å². The Bertz CT molecular complexity index is 949. The van der Waals surface area contributed by atoms with E-state index in [1.165, 1.54) is 27.4 Å². The van der Waals surface area contributed by atoms with E-state index in [4.69, 9.17) is 12.2 Å². The summed E-state index contributed by atoms with van der Waals surface area (Å²) in [6.45, 7) is 7.68. The van der Waals surface area contributed by atoms with E-state index in [1.807, 2.05) is 16.8 Å². The molecule has 1 aromatic heterocycles. The monoisotopic (exact) mass is 413 g/mol. The van der Waals surface area contributed by atoms with Gasteiger partial charge in [-0.1, -0.05) is 23.5 Å². The van der Waals surface area contributed by atoms with E-state index in [-0.39, 0.29) is 11.8 Å². The molecule has 0 bridgehead atoms. The number of benzene rings is 1. The number of quaternary nitrogens is 1. The second kappa shape index (κ2) is 7.75. The van der Waals surface area contributed by atoms with Crippen molar-refractivity contribution < 1.29 is 13.3 Å². The van der Waals surface area contributed by atoms with Crippen LogP contribution in [0.5, 0.6) is 0 Å². The van der Waals surface area contributed by atoms with Gasteiger partial charge >= 0.3 is 0 Å². The van der Waals surface area contributed by atoms with Crippen LogP contribution in [0.25, 0.3) is 0 Å². The highest BCUT2D eigenvalue weighted by Crippen LogP contribution is 2.24. The lowest BCUT2D eigenvalue weighted by molar-refractivity contribution is -0.943. The number of sulfone groups is 1. The number of aryl methyl sites for hydroxylation is 1. The molecule has 2 heterocycles. The number of aromatic nitrogens is 2. The molecule has 0 amide bonds. The molecule has 2 N–H and O–H groups in total. The Hall–Kier alpha value is -1.29. The maximum Gasteiger partial charge on any atom is 0.209 e. The van der Waals surface area contributed by atoms with Gasteiger partial charge < -0.3 is 10.2 Å². The van der Waals surface area contributed by atoms with Crippen molar-refractivity contribution in [2.75, 3.05) is 23.4 Å². The predicted molar refractivity (Wildman–Crippen MR) is 109 cm³/mol. The number of hydrogen-bond acceptors (Lipinski definition) is 6. The Labute approximate surface area is 163 Å². The smallest absolute Gasteiger partial charge is 0.209 e. The predicted octanol–water partition coefficient (Wildman–Crippen LogP) is 2.08. The Balaban J connectivity index is 1.75. The third-order valence-corrected chi connectivity index (χ3v) is 8.06. The summed E-state index contributed by atoms with van der Waals surface area (Å²) in [6.07, 6.45) is 0.719. The normalized spacial score (nSPS) is 20.2. The lowest BCUT2D eigenvalue weighted by Gasteiger charge is -2.23. The Morgan fingerprint density at radius 3 is 2.85 bits per heavy atom. The maximum absolute atomic E-state index is 11.8. The molecule has 1 aliphatic heterocycles. The third-order valence-electron chi connectivity index (χ3n) is 5.07. The van der Waals surface area contributed by atoms with Gasteiger partial charge in [-0.2, -0.15) is 4.68 Å². The van der Waals surface area contributed by atoms with Gasteiger partial charge in [-0.05, 0) is 50.2 Å². The van der Waals surface area contributed by atoms with Crippen LogP contribution in [0, 0.1) is 17.8 Å². The van der Waals surface area contributed by atoms with Gasteiger partial charge in [0.1, 0.15) is 11.8 Å². The van der Waals surface area contributed by atoms with Gasteiger partial charge in [0.05, 0.1) is 12.3 Å². The van der Waals surface area contributed by atoms with Gasteiger partial charge in [-0.3, -0.25) is 0 Å². The largest absolute Gasteiger partial charge is 0.330 e. The average Bonchev–Trinajstić information content (AvgIpc) is 3.11. The molecule has 0 radical (unpaired) electrons. The minimum atomic E-state index is -2.88. The Morgan fingerprint density at radius 1 is 1.42 bits per heavy atom. The quantitative estimate of drug-likeness (QED) is 0.710. The second-order valence-electron chi connectivity index (χ2n) is 6.82. The van der Waals surface area contributed by atoms with Crippen LogP contribution < -0.4 is 10.2 Å². The van der Waals surface area contributed by atoms with Crippen molar-refractivity contribution in [1.29, 1.82) is 0 Å². The van der Waals surface area contributed by atoms with Crippen molar-refractivity contribution in [2.24, 2.45) is 0 Å². The van der Waals surface area contributed by atoms with Crippen molar-refractivity contribution >= 4 is 44.2 Å². The minimum absolute atomic E-state index is 0.129. The summed E-state index contributed by atoms with van der Waals surface area (Å²) in [5.74, 6) is 0.560. The molecule has 1 aliphatic rings. The number of nitrogens with one attached hydrogen (secondary N) is 2. The molecule has 6 nitrogen and oxygen atoms in total. The van der Waals surface area contributed by atoms with Crippen LogP contribution in [0.3, 0.4) is 0 Å². The van der Waals surface area contributed by atoms with Crippen molar-refractivity contribution in [3.8, 4) is 0 Å². The van der Waals surface area contributed by atoms with E-state index in [0.29, 0.717) is 16.4 Å². The fourth-order valence-corrected chi connectivity index (χ4v) is 6.14. The molecular weight excluding hydrogens is 388 g/mol. The summed E-state index contributed by atoms with van der Waals surface area (Å²) in [4.78, 5) is 1.21. The van der Waals surface area contributed by atoms with Crippen LogP contribution in [0.1, 0.15) is 24.5 Å². The minimum Gasteiger partial charge on any atom is -0.330 e. The number of rotatable bonds is 6. The first-order valence-corrected chi connectivity index (χ1v) is 11.8. The first-order chi connectivity index (χ1) is 12.3. The molecule has 142 valence electrons. The highest BCUT2D eigenvalue weighted by atomic mass is 32.2. The van der Waals surface area contributed by atoms with Crippen LogP contribution in [0.2, 0.25) is 0 Å². The molecular formula is C17H25N4O2S3+. The van der Waals surface area contributed by atoms with E-state index in [9.17, 15) is 8.42 Å². The molecule has 1 unspecified atom stereocenters. The topological polar surface area (TPSA) is 68.4 Å². The molecule has 2 atom stereocenters. The van der Waals surface area contributed by atoms with Gasteiger partial charge in [0.15, 0.2) is 20.5 Å². The molecule has 1 saturated heterocycles. The van der Waals surface area contributed by atoms with E-state index in [0.717, 1.165) is 23.8 Å². The third kappa shape index (κ3) is 4.33. The fraction of sp³-hybridized carbons (Fsp3) is 0.529. The number of hydrogen-bond donors (Lipinski definition) is 2. The molecule has 1 fully saturated rings. The van der Waals surface area contributed by atoms with Crippen molar-refractivity contribution in [3.05, 3.63) is 33.3 Å². The van der Waals surface area contributed by atoms with Gasteiger partial charge in [0.2, 0.25) is 5.13 Å². The van der Waals surface area contributed by atoms with Gasteiger partial charge in [-0.25, -0.2) is 8.42 Å². The van der Waals surface area contributed by atoms with Gasteiger partial charge in [0, 0.05) is 12.1 Å². The molecule has 1 aromatic carbocycles. The summed E-state index contributed by atoms with van der Waals surface area (Å²) in [5.41, 5.74) is 3.45. The SMILES string of the molecule is CC[NH+](Cn1nc(Nc2cccc(C)c2C)sc1=S)[C@@H]1CCS(=O)(=O)C1. The number of anilines is 2. The zero-order chi connectivity index (χ0) is 18.9. The number of nitrogens with zero attached hydrogens (tertiary/aromatic N) is 2. The van der Waals surface area contributed by atoms with E-state index < -0.39 is 9.84 Å². The van der Waals surface area contributed by atoms with E-state index in [2.05, 4.69) is 37.3 Å². The van der Waals surface area contributed by atoms with Crippen LogP contribution in [-0.4, -0.2) is 42.3 Å². The van der Waals surface area contributed by atoms with E-state index in [1.54, 1.807) is 0 Å². The van der Waals surface area contributed by atoms with Crippen LogP contribution in [-0.2, 0) is 16.5 Å². The Kier molecular flexibility index (Phi) is 5.81. The molecule has 0 aliphatic carbocycles. The summed E-state index contributed by atoms with van der Waals surface area (Å²) >= 11 is 6.92. The molecule has 3 rings (SSSR count). The van der Waals surface area contributed by atoms with Crippen LogP contribution >= 0.6 is 23.6 Å². The molecule has 26 heavy (non-hydrogen) atoms. The first kappa shape index (κ1) is 19.5. The lowest BCUT2D eigenvalue weighted by Crippen LogP contribution is -3.15. The van der Waals surface area contributed by atoms with E-state index >= 15 is 0 Å². The molecule has 0 saturated carbocycles. The van der Waals surface area contributed by atoms with Crippen LogP contribution in [0.15, 0.2) is 18.2 Å². The second-order valence-corrected chi connectivity index (χ2v) is 10.7. The summed E-state index contributed by atoms with van der Waals surface area (Å²) in [5, 5.41) is 8.75.